The van der Waals surface area contributed by atoms with Crippen molar-refractivity contribution in [2.24, 2.45) is 0 Å². The molecule has 0 atom stereocenters. The summed E-state index contributed by atoms with van der Waals surface area (Å²) >= 11 is 0. The van der Waals surface area contributed by atoms with Crippen LogP contribution in [0.4, 0.5) is 6.01 Å². The van der Waals surface area contributed by atoms with Gasteiger partial charge in [-0.3, -0.25) is 15.1 Å². The number of rotatable bonds is 5. The van der Waals surface area contributed by atoms with Gasteiger partial charge in [-0.2, -0.15) is 0 Å². The van der Waals surface area contributed by atoms with E-state index in [0.717, 1.165) is 16.9 Å². The largest absolute Gasteiger partial charge is 0.497 e. The number of aromatic nitrogens is 3. The highest BCUT2D eigenvalue weighted by Gasteiger charge is 2.11. The second kappa shape index (κ2) is 6.69. The van der Waals surface area contributed by atoms with Crippen LogP contribution in [0.5, 0.6) is 5.75 Å². The maximum Gasteiger partial charge on any atom is 0.322 e. The van der Waals surface area contributed by atoms with Crippen molar-refractivity contribution in [3.63, 3.8) is 0 Å². The van der Waals surface area contributed by atoms with Gasteiger partial charge in [0.2, 0.25) is 11.8 Å². The highest BCUT2D eigenvalue weighted by Crippen LogP contribution is 2.18. The van der Waals surface area contributed by atoms with Crippen LogP contribution in [0, 0.1) is 0 Å². The first-order valence-corrected chi connectivity index (χ1v) is 6.91. The Morgan fingerprint density at radius 2 is 1.87 bits per heavy atom. The van der Waals surface area contributed by atoms with Gasteiger partial charge in [0.15, 0.2) is 0 Å². The molecule has 0 unspecified atom stereocenters. The molecule has 1 aromatic carbocycles. The van der Waals surface area contributed by atoms with Gasteiger partial charge in [-0.05, 0) is 29.8 Å². The number of carbonyl (C=O) groups is 1. The van der Waals surface area contributed by atoms with Crippen molar-refractivity contribution in [1.82, 2.24) is 15.2 Å². The molecule has 0 saturated carbocycles. The summed E-state index contributed by atoms with van der Waals surface area (Å²) in [6.07, 6.45) is 3.46. The molecule has 1 amide bonds. The fourth-order valence-electron chi connectivity index (χ4n) is 1.98. The van der Waals surface area contributed by atoms with E-state index in [4.69, 9.17) is 9.15 Å². The maximum absolute atomic E-state index is 12.0. The number of benzene rings is 1. The zero-order valence-electron chi connectivity index (χ0n) is 12.4. The molecule has 0 spiro atoms. The van der Waals surface area contributed by atoms with E-state index in [0.29, 0.717) is 5.89 Å². The summed E-state index contributed by atoms with van der Waals surface area (Å²) in [5.41, 5.74) is 1.60. The Kier molecular flexibility index (Phi) is 4.28. The Bertz CT molecular complexity index is 785. The van der Waals surface area contributed by atoms with Gasteiger partial charge >= 0.3 is 6.01 Å². The van der Waals surface area contributed by atoms with Crippen LogP contribution in [0.25, 0.3) is 11.5 Å². The third kappa shape index (κ3) is 3.70. The molecule has 23 heavy (non-hydrogen) atoms. The van der Waals surface area contributed by atoms with Gasteiger partial charge in [0.25, 0.3) is 0 Å². The maximum atomic E-state index is 12.0. The number of amides is 1. The van der Waals surface area contributed by atoms with Crippen molar-refractivity contribution in [2.45, 2.75) is 6.42 Å². The summed E-state index contributed by atoms with van der Waals surface area (Å²) in [6, 6.07) is 10.8. The molecule has 0 bridgehead atoms. The molecule has 2 aromatic heterocycles. The Morgan fingerprint density at radius 3 is 2.57 bits per heavy atom. The van der Waals surface area contributed by atoms with E-state index in [2.05, 4.69) is 20.5 Å². The molecule has 0 radical (unpaired) electrons. The van der Waals surface area contributed by atoms with Crippen LogP contribution in [0.2, 0.25) is 0 Å². The van der Waals surface area contributed by atoms with Crippen molar-refractivity contribution in [1.29, 1.82) is 0 Å². The molecular formula is C16H14N4O3. The highest BCUT2D eigenvalue weighted by molar-refractivity contribution is 5.90. The predicted octanol–water partition coefficient (Wildman–Crippen LogP) is 2.32. The first-order chi connectivity index (χ1) is 11.2. The topological polar surface area (TPSA) is 90.1 Å². The number of ether oxygens (including phenoxy) is 1. The normalized spacial score (nSPS) is 10.3. The molecule has 0 fully saturated rings. The second-order valence-electron chi connectivity index (χ2n) is 4.72. The first kappa shape index (κ1) is 14.7. The number of anilines is 1. The monoisotopic (exact) mass is 310 g/mol. The fraction of sp³-hybridized carbons (Fsp3) is 0.125. The lowest BCUT2D eigenvalue weighted by Crippen LogP contribution is -2.14. The molecule has 0 aliphatic heterocycles. The molecule has 116 valence electrons. The lowest BCUT2D eigenvalue weighted by molar-refractivity contribution is -0.115. The lowest BCUT2D eigenvalue weighted by atomic mass is 10.1. The molecule has 0 aliphatic rings. The van der Waals surface area contributed by atoms with Gasteiger partial charge in [0.05, 0.1) is 13.5 Å². The third-order valence-corrected chi connectivity index (χ3v) is 3.12. The molecule has 3 aromatic rings. The zero-order chi connectivity index (χ0) is 16.1. The summed E-state index contributed by atoms with van der Waals surface area (Å²) in [5.74, 6) is 0.834. The van der Waals surface area contributed by atoms with Crippen LogP contribution in [0.3, 0.4) is 0 Å². The average Bonchev–Trinajstić information content (AvgIpc) is 3.04. The first-order valence-electron chi connectivity index (χ1n) is 6.91. The van der Waals surface area contributed by atoms with Gasteiger partial charge in [-0.25, -0.2) is 0 Å². The molecular weight excluding hydrogens is 296 g/mol. The molecule has 0 aliphatic carbocycles. The smallest absolute Gasteiger partial charge is 0.322 e. The van der Waals surface area contributed by atoms with Gasteiger partial charge in [0.1, 0.15) is 5.75 Å². The van der Waals surface area contributed by atoms with E-state index in [1.807, 2.05) is 12.1 Å². The van der Waals surface area contributed by atoms with E-state index in [1.54, 1.807) is 43.8 Å². The summed E-state index contributed by atoms with van der Waals surface area (Å²) in [7, 11) is 1.59. The number of pyridine rings is 1. The number of methoxy groups -OCH3 is 1. The number of hydrogen-bond acceptors (Lipinski definition) is 6. The van der Waals surface area contributed by atoms with Crippen molar-refractivity contribution >= 4 is 11.9 Å². The standard InChI is InChI=1S/C16H14N4O3/c1-22-13-4-2-11(3-5-13)10-14(21)18-16-20-19-15(23-16)12-6-8-17-9-7-12/h2-9H,10H2,1H3,(H,18,20,21). The van der Waals surface area contributed by atoms with E-state index in [1.165, 1.54) is 0 Å². The number of nitrogens with zero attached hydrogens (tertiary/aromatic N) is 3. The fourth-order valence-corrected chi connectivity index (χ4v) is 1.98. The summed E-state index contributed by atoms with van der Waals surface area (Å²) < 4.78 is 10.5. The Hall–Kier alpha value is -3.22. The SMILES string of the molecule is COc1ccc(CC(=O)Nc2nnc(-c3ccncc3)o2)cc1. The molecule has 3 rings (SSSR count). The van der Waals surface area contributed by atoms with Crippen molar-refractivity contribution in [3.05, 3.63) is 54.4 Å². The molecule has 2 heterocycles. The van der Waals surface area contributed by atoms with Crippen LogP contribution in [-0.2, 0) is 11.2 Å². The summed E-state index contributed by atoms with van der Waals surface area (Å²) in [5, 5.41) is 10.3. The second-order valence-corrected chi connectivity index (χ2v) is 4.72. The molecule has 7 nitrogen and oxygen atoms in total. The molecule has 0 saturated heterocycles. The van der Waals surface area contributed by atoms with Gasteiger partial charge in [-0.1, -0.05) is 17.2 Å². The van der Waals surface area contributed by atoms with Crippen molar-refractivity contribution in [2.75, 3.05) is 12.4 Å². The minimum Gasteiger partial charge on any atom is -0.497 e. The van der Waals surface area contributed by atoms with Crippen LogP contribution in [-0.4, -0.2) is 28.2 Å². The Balaban J connectivity index is 1.63. The summed E-state index contributed by atoms with van der Waals surface area (Å²) in [4.78, 5) is 15.9. The van der Waals surface area contributed by atoms with E-state index in [-0.39, 0.29) is 18.3 Å². The lowest BCUT2D eigenvalue weighted by Gasteiger charge is -2.03. The minimum atomic E-state index is -0.236. The Morgan fingerprint density at radius 1 is 1.13 bits per heavy atom. The third-order valence-electron chi connectivity index (χ3n) is 3.12. The predicted molar refractivity (Wildman–Crippen MR) is 82.9 cm³/mol. The van der Waals surface area contributed by atoms with Crippen LogP contribution in [0.1, 0.15) is 5.56 Å². The quantitative estimate of drug-likeness (QED) is 0.778. The van der Waals surface area contributed by atoms with E-state index >= 15 is 0 Å². The van der Waals surface area contributed by atoms with Gasteiger partial charge in [-0.15, -0.1) is 5.10 Å². The molecule has 1 N–H and O–H groups in total. The van der Waals surface area contributed by atoms with Crippen LogP contribution < -0.4 is 10.1 Å². The number of nitrogens with one attached hydrogen (secondary N) is 1. The summed E-state index contributed by atoms with van der Waals surface area (Å²) in [6.45, 7) is 0. The van der Waals surface area contributed by atoms with Crippen LogP contribution >= 0.6 is 0 Å². The average molecular weight is 310 g/mol. The minimum absolute atomic E-state index is 0.0651. The van der Waals surface area contributed by atoms with E-state index in [9.17, 15) is 4.79 Å². The van der Waals surface area contributed by atoms with E-state index < -0.39 is 0 Å². The molecule has 7 heteroatoms. The van der Waals surface area contributed by atoms with Crippen molar-refractivity contribution < 1.29 is 13.9 Å². The van der Waals surface area contributed by atoms with Crippen molar-refractivity contribution in [3.8, 4) is 17.2 Å². The zero-order valence-corrected chi connectivity index (χ0v) is 12.4. The van der Waals surface area contributed by atoms with Crippen LogP contribution in [0.15, 0.2) is 53.2 Å². The number of carbonyl (C=O) groups excluding carboxylic acids is 1. The number of hydrogen-bond donors (Lipinski definition) is 1. The Labute approximate surface area is 132 Å². The van der Waals surface area contributed by atoms with Gasteiger partial charge < -0.3 is 9.15 Å². The van der Waals surface area contributed by atoms with Gasteiger partial charge in [0, 0.05) is 18.0 Å². The highest BCUT2D eigenvalue weighted by atomic mass is 16.5.